The third-order valence-electron chi connectivity index (χ3n) is 4.41. The summed E-state index contributed by atoms with van der Waals surface area (Å²) in [7, 11) is 1.47. The van der Waals surface area contributed by atoms with Crippen molar-refractivity contribution in [2.45, 2.75) is 13.8 Å². The largest absolute Gasteiger partial charge is 0.495 e. The standard InChI is InChI=1S/C21H20ClNO4S/c1-12-4-6-15(13(2)10-12)18-19(28-9-8-24)21(26)23(20(18)25)16-11-14(22)5-7-17(16)27-3/h4-7,10-11,24H,8-9H2,1-3H3. The molecule has 146 valence electrons. The van der Waals surface area contributed by atoms with Gasteiger partial charge in [-0.15, -0.1) is 11.8 Å². The summed E-state index contributed by atoms with van der Waals surface area (Å²) < 4.78 is 5.34. The third kappa shape index (κ3) is 3.68. The highest BCUT2D eigenvalue weighted by atomic mass is 35.5. The summed E-state index contributed by atoms with van der Waals surface area (Å²) in [5, 5.41) is 9.63. The van der Waals surface area contributed by atoms with Gasteiger partial charge in [0.25, 0.3) is 11.8 Å². The number of halogens is 1. The summed E-state index contributed by atoms with van der Waals surface area (Å²) in [6, 6.07) is 10.5. The van der Waals surface area contributed by atoms with E-state index in [1.165, 1.54) is 24.9 Å². The van der Waals surface area contributed by atoms with Crippen LogP contribution >= 0.6 is 23.4 Å². The number of hydrogen-bond acceptors (Lipinski definition) is 5. The lowest BCUT2D eigenvalue weighted by atomic mass is 9.98. The molecule has 0 saturated carbocycles. The summed E-state index contributed by atoms with van der Waals surface area (Å²) in [4.78, 5) is 28.0. The lowest BCUT2D eigenvalue weighted by Crippen LogP contribution is -2.31. The van der Waals surface area contributed by atoms with Gasteiger partial charge in [0.05, 0.1) is 29.9 Å². The Morgan fingerprint density at radius 2 is 1.86 bits per heavy atom. The van der Waals surface area contributed by atoms with Gasteiger partial charge in [0, 0.05) is 10.8 Å². The maximum absolute atomic E-state index is 13.4. The van der Waals surface area contributed by atoms with Gasteiger partial charge in [-0.2, -0.15) is 0 Å². The highest BCUT2D eigenvalue weighted by molar-refractivity contribution is 8.04. The molecule has 0 aliphatic carbocycles. The van der Waals surface area contributed by atoms with Crippen molar-refractivity contribution in [3.05, 3.63) is 63.0 Å². The summed E-state index contributed by atoms with van der Waals surface area (Å²) in [6.45, 7) is 3.78. The van der Waals surface area contributed by atoms with E-state index < -0.39 is 11.8 Å². The molecule has 28 heavy (non-hydrogen) atoms. The number of aryl methyl sites for hydroxylation is 2. The number of aliphatic hydroxyl groups is 1. The Morgan fingerprint density at radius 1 is 1.11 bits per heavy atom. The van der Waals surface area contributed by atoms with Crippen molar-refractivity contribution in [1.29, 1.82) is 0 Å². The Balaban J connectivity index is 2.16. The van der Waals surface area contributed by atoms with Gasteiger partial charge in [0.15, 0.2) is 0 Å². The molecular weight excluding hydrogens is 398 g/mol. The first-order valence-corrected chi connectivity index (χ1v) is 10.0. The van der Waals surface area contributed by atoms with E-state index in [9.17, 15) is 14.7 Å². The third-order valence-corrected chi connectivity index (χ3v) is 5.70. The molecule has 1 aliphatic rings. The first kappa shape index (κ1) is 20.5. The molecule has 3 rings (SSSR count). The summed E-state index contributed by atoms with van der Waals surface area (Å²) in [6.07, 6.45) is 0. The molecule has 0 unspecified atom stereocenters. The minimum absolute atomic E-state index is 0.101. The molecule has 0 radical (unpaired) electrons. The van der Waals surface area contributed by atoms with Crippen LogP contribution in [-0.4, -0.2) is 36.4 Å². The fourth-order valence-corrected chi connectivity index (χ4v) is 4.20. The van der Waals surface area contributed by atoms with Crippen molar-refractivity contribution >= 4 is 46.4 Å². The van der Waals surface area contributed by atoms with E-state index in [-0.39, 0.29) is 6.61 Å². The Bertz CT molecular complexity index is 986. The van der Waals surface area contributed by atoms with Crippen LogP contribution in [0.5, 0.6) is 5.75 Å². The number of aliphatic hydroxyl groups excluding tert-OH is 1. The van der Waals surface area contributed by atoms with E-state index in [2.05, 4.69) is 0 Å². The van der Waals surface area contributed by atoms with Gasteiger partial charge in [-0.3, -0.25) is 9.59 Å². The second-order valence-corrected chi connectivity index (χ2v) is 7.90. The number of rotatable bonds is 6. The van der Waals surface area contributed by atoms with Crippen molar-refractivity contribution in [2.75, 3.05) is 24.4 Å². The fraction of sp³-hybridized carbons (Fsp3) is 0.238. The number of methoxy groups -OCH3 is 1. The van der Waals surface area contributed by atoms with Crippen LogP contribution in [0, 0.1) is 13.8 Å². The zero-order chi connectivity index (χ0) is 20.4. The highest BCUT2D eigenvalue weighted by Gasteiger charge is 2.41. The number of nitrogens with zero attached hydrogens (tertiary/aromatic N) is 1. The van der Waals surface area contributed by atoms with Gasteiger partial charge in [-0.1, -0.05) is 35.4 Å². The van der Waals surface area contributed by atoms with Gasteiger partial charge in [0.2, 0.25) is 0 Å². The van der Waals surface area contributed by atoms with Crippen molar-refractivity contribution in [3.8, 4) is 5.75 Å². The van der Waals surface area contributed by atoms with Gasteiger partial charge >= 0.3 is 0 Å². The lowest BCUT2D eigenvalue weighted by Gasteiger charge is -2.18. The number of carbonyl (C=O) groups excluding carboxylic acids is 2. The second-order valence-electron chi connectivity index (χ2n) is 6.36. The van der Waals surface area contributed by atoms with E-state index in [1.54, 1.807) is 12.1 Å². The van der Waals surface area contributed by atoms with Gasteiger partial charge in [-0.25, -0.2) is 4.90 Å². The van der Waals surface area contributed by atoms with E-state index in [0.29, 0.717) is 38.3 Å². The molecule has 1 aliphatic heterocycles. The average Bonchev–Trinajstić information content (AvgIpc) is 2.90. The van der Waals surface area contributed by atoms with Crippen molar-refractivity contribution in [2.24, 2.45) is 0 Å². The SMILES string of the molecule is COc1ccc(Cl)cc1N1C(=O)C(SCCO)=C(c2ccc(C)cc2C)C1=O. The number of hydrogen-bond donors (Lipinski definition) is 1. The van der Waals surface area contributed by atoms with Crippen LogP contribution in [-0.2, 0) is 9.59 Å². The Hall–Kier alpha value is -2.28. The predicted octanol–water partition coefficient (Wildman–Crippen LogP) is 3.98. The number of imide groups is 1. The number of benzene rings is 2. The van der Waals surface area contributed by atoms with Crippen LogP contribution in [0.4, 0.5) is 5.69 Å². The van der Waals surface area contributed by atoms with E-state index in [4.69, 9.17) is 16.3 Å². The number of ether oxygens (including phenoxy) is 1. The van der Waals surface area contributed by atoms with Crippen molar-refractivity contribution in [3.63, 3.8) is 0 Å². The predicted molar refractivity (Wildman–Crippen MR) is 113 cm³/mol. The number of amides is 2. The van der Waals surface area contributed by atoms with Gasteiger partial charge < -0.3 is 9.84 Å². The minimum Gasteiger partial charge on any atom is -0.495 e. The molecule has 0 aromatic heterocycles. The monoisotopic (exact) mass is 417 g/mol. The topological polar surface area (TPSA) is 66.8 Å². The molecule has 0 spiro atoms. The fourth-order valence-electron chi connectivity index (χ4n) is 3.18. The average molecular weight is 418 g/mol. The first-order valence-electron chi connectivity index (χ1n) is 8.67. The van der Waals surface area contributed by atoms with Crippen LogP contribution in [0.15, 0.2) is 41.3 Å². The maximum atomic E-state index is 13.4. The molecule has 2 amide bonds. The lowest BCUT2D eigenvalue weighted by molar-refractivity contribution is -0.119. The van der Waals surface area contributed by atoms with E-state index in [0.717, 1.165) is 16.0 Å². The molecule has 2 aromatic rings. The smallest absolute Gasteiger partial charge is 0.272 e. The van der Waals surface area contributed by atoms with Crippen molar-refractivity contribution < 1.29 is 19.4 Å². The zero-order valence-electron chi connectivity index (χ0n) is 15.8. The zero-order valence-corrected chi connectivity index (χ0v) is 17.4. The second kappa shape index (κ2) is 8.39. The minimum atomic E-state index is -0.445. The normalized spacial score (nSPS) is 14.2. The summed E-state index contributed by atoms with van der Waals surface area (Å²) in [5.74, 6) is -0.194. The molecule has 2 aromatic carbocycles. The van der Waals surface area contributed by atoms with Gasteiger partial charge in [-0.05, 0) is 43.2 Å². The highest BCUT2D eigenvalue weighted by Crippen LogP contribution is 2.42. The maximum Gasteiger partial charge on any atom is 0.272 e. The molecule has 5 nitrogen and oxygen atoms in total. The quantitative estimate of drug-likeness (QED) is 0.720. The Kier molecular flexibility index (Phi) is 6.13. The van der Waals surface area contributed by atoms with Crippen LogP contribution < -0.4 is 9.64 Å². The van der Waals surface area contributed by atoms with Gasteiger partial charge in [0.1, 0.15) is 5.75 Å². The summed E-state index contributed by atoms with van der Waals surface area (Å²) in [5.41, 5.74) is 3.30. The molecule has 0 saturated heterocycles. The van der Waals surface area contributed by atoms with Crippen LogP contribution in [0.2, 0.25) is 5.02 Å². The molecule has 1 heterocycles. The Labute approximate surface area is 172 Å². The van der Waals surface area contributed by atoms with Crippen molar-refractivity contribution in [1.82, 2.24) is 0 Å². The van der Waals surface area contributed by atoms with Crippen LogP contribution in [0.1, 0.15) is 16.7 Å². The molecule has 0 fully saturated rings. The first-order chi connectivity index (χ1) is 13.4. The number of thioether (sulfide) groups is 1. The van der Waals surface area contributed by atoms with Crippen LogP contribution in [0.3, 0.4) is 0 Å². The molecule has 0 bridgehead atoms. The van der Waals surface area contributed by atoms with E-state index >= 15 is 0 Å². The van der Waals surface area contributed by atoms with E-state index in [1.807, 2.05) is 32.0 Å². The molecule has 0 atom stereocenters. The number of anilines is 1. The molecule has 1 N–H and O–H groups in total. The molecule has 7 heteroatoms. The summed E-state index contributed by atoms with van der Waals surface area (Å²) >= 11 is 7.28. The number of carbonyl (C=O) groups is 2. The van der Waals surface area contributed by atoms with Crippen LogP contribution in [0.25, 0.3) is 5.57 Å². The Morgan fingerprint density at radius 3 is 2.50 bits per heavy atom. The molecular formula is C21H20ClNO4S.